The molecule has 1 aromatic heterocycles. The highest BCUT2D eigenvalue weighted by Crippen LogP contribution is 2.37. The predicted molar refractivity (Wildman–Crippen MR) is 85.5 cm³/mol. The first-order valence-electron chi connectivity index (χ1n) is 7.30. The molecular weight excluding hydrogens is 314 g/mol. The zero-order chi connectivity index (χ0) is 17.3. The van der Waals surface area contributed by atoms with Gasteiger partial charge in [-0.1, -0.05) is 6.58 Å². The Labute approximate surface area is 137 Å². The second-order valence-electron chi connectivity index (χ2n) is 5.31. The van der Waals surface area contributed by atoms with E-state index in [1.807, 2.05) is 0 Å². The first kappa shape index (κ1) is 15.9. The molecule has 3 rings (SSSR count). The summed E-state index contributed by atoms with van der Waals surface area (Å²) in [6.45, 7) is 4.64. The molecule has 0 aliphatic carbocycles. The molecule has 1 unspecified atom stereocenters. The number of nitro groups is 1. The van der Waals surface area contributed by atoms with Crippen LogP contribution >= 0.6 is 0 Å². The molecule has 0 saturated carbocycles. The van der Waals surface area contributed by atoms with Gasteiger partial charge >= 0.3 is 5.69 Å². The van der Waals surface area contributed by atoms with Gasteiger partial charge in [0.15, 0.2) is 0 Å². The first-order valence-corrected chi connectivity index (χ1v) is 7.30. The monoisotopic (exact) mass is 329 g/mol. The minimum Gasteiger partial charge on any atom is -0.501 e. The summed E-state index contributed by atoms with van der Waals surface area (Å²) >= 11 is 0. The number of rotatable bonds is 3. The molecule has 1 aromatic carbocycles. The lowest BCUT2D eigenvalue weighted by molar-refractivity contribution is -0.385. The average Bonchev–Trinajstić information content (AvgIpc) is 2.60. The molecule has 8 nitrogen and oxygen atoms in total. The van der Waals surface area contributed by atoms with Crippen LogP contribution in [0.15, 0.2) is 37.1 Å². The minimum absolute atomic E-state index is 0.123. The predicted octanol–water partition coefficient (Wildman–Crippen LogP) is 1.93. The van der Waals surface area contributed by atoms with Crippen LogP contribution in [-0.4, -0.2) is 45.6 Å². The summed E-state index contributed by atoms with van der Waals surface area (Å²) in [5.41, 5.74) is 0.421. The fourth-order valence-electron chi connectivity index (χ4n) is 2.89. The lowest BCUT2D eigenvalue weighted by Crippen LogP contribution is -2.42. The Morgan fingerprint density at radius 1 is 1.50 bits per heavy atom. The Kier molecular flexibility index (Phi) is 4.13. The molecule has 0 spiro atoms. The molecule has 24 heavy (non-hydrogen) atoms. The molecule has 0 bridgehead atoms. The van der Waals surface area contributed by atoms with E-state index in [1.165, 1.54) is 24.4 Å². The summed E-state index contributed by atoms with van der Waals surface area (Å²) in [7, 11) is 0. The number of nitro benzene ring substituents is 1. The van der Waals surface area contributed by atoms with E-state index in [2.05, 4.69) is 11.6 Å². The van der Waals surface area contributed by atoms with E-state index in [-0.39, 0.29) is 24.1 Å². The van der Waals surface area contributed by atoms with Crippen molar-refractivity contribution in [2.24, 2.45) is 0 Å². The number of fused-ring (bicyclic) bond motifs is 1. The number of nitrogens with zero attached hydrogens (tertiary/aromatic N) is 3. The maximum absolute atomic E-state index is 12.1. The summed E-state index contributed by atoms with van der Waals surface area (Å²) in [6, 6.07) is 4.10. The highest BCUT2D eigenvalue weighted by molar-refractivity contribution is 5.92. The number of carbonyl (C=O) groups excluding carboxylic acids is 1. The number of aromatic nitrogens is 1. The Morgan fingerprint density at radius 2 is 2.29 bits per heavy atom. The number of morpholine rings is 1. The van der Waals surface area contributed by atoms with Gasteiger partial charge in [0, 0.05) is 24.2 Å². The Morgan fingerprint density at radius 3 is 3.00 bits per heavy atom. The van der Waals surface area contributed by atoms with Crippen LogP contribution in [0, 0.1) is 10.1 Å². The molecule has 1 saturated heterocycles. The third-order valence-corrected chi connectivity index (χ3v) is 4.04. The van der Waals surface area contributed by atoms with Crippen molar-refractivity contribution in [1.82, 2.24) is 9.88 Å². The van der Waals surface area contributed by atoms with Crippen LogP contribution in [0.25, 0.3) is 10.9 Å². The first-order chi connectivity index (χ1) is 11.5. The summed E-state index contributed by atoms with van der Waals surface area (Å²) in [5, 5.41) is 21.6. The molecule has 2 aromatic rings. The maximum Gasteiger partial charge on any atom is 0.313 e. The fraction of sp³-hybridized carbons (Fsp3) is 0.250. The van der Waals surface area contributed by atoms with Gasteiger partial charge in [0.2, 0.25) is 11.7 Å². The molecule has 1 amide bonds. The second-order valence-corrected chi connectivity index (χ2v) is 5.31. The minimum atomic E-state index is -0.666. The fourth-order valence-corrected chi connectivity index (χ4v) is 2.89. The van der Waals surface area contributed by atoms with Crippen LogP contribution in [0.1, 0.15) is 11.6 Å². The number of benzene rings is 1. The van der Waals surface area contributed by atoms with E-state index in [4.69, 9.17) is 4.74 Å². The third-order valence-electron chi connectivity index (χ3n) is 4.04. The molecule has 8 heteroatoms. The normalized spacial score (nSPS) is 17.7. The molecule has 0 radical (unpaired) electrons. The van der Waals surface area contributed by atoms with Gasteiger partial charge in [0.1, 0.15) is 5.52 Å². The van der Waals surface area contributed by atoms with Crippen molar-refractivity contribution in [3.8, 4) is 5.75 Å². The SMILES string of the molecule is C=CC(=O)N1CCOCC1c1ccnc2c(O)c([N+](=O)[O-])ccc12. The zero-order valence-corrected chi connectivity index (χ0v) is 12.7. The van der Waals surface area contributed by atoms with Crippen LogP contribution in [-0.2, 0) is 9.53 Å². The number of carbonyl (C=O) groups is 1. The highest BCUT2D eigenvalue weighted by atomic mass is 16.6. The van der Waals surface area contributed by atoms with Gasteiger partial charge in [-0.25, -0.2) is 0 Å². The quantitative estimate of drug-likeness (QED) is 0.524. The van der Waals surface area contributed by atoms with Gasteiger partial charge in [-0.2, -0.15) is 0 Å². The van der Waals surface area contributed by atoms with Gasteiger partial charge in [-0.3, -0.25) is 19.9 Å². The maximum atomic E-state index is 12.1. The lowest BCUT2D eigenvalue weighted by Gasteiger charge is -2.35. The molecule has 124 valence electrons. The van der Waals surface area contributed by atoms with Crippen molar-refractivity contribution in [2.45, 2.75) is 6.04 Å². The van der Waals surface area contributed by atoms with Crippen LogP contribution in [0.4, 0.5) is 5.69 Å². The topological polar surface area (TPSA) is 106 Å². The summed E-state index contributed by atoms with van der Waals surface area (Å²) in [5.74, 6) is -0.711. The molecule has 2 heterocycles. The van der Waals surface area contributed by atoms with Crippen LogP contribution in [0.2, 0.25) is 0 Å². The van der Waals surface area contributed by atoms with E-state index < -0.39 is 16.4 Å². The smallest absolute Gasteiger partial charge is 0.313 e. The molecule has 1 aliphatic rings. The number of amides is 1. The van der Waals surface area contributed by atoms with Gasteiger partial charge in [0.25, 0.3) is 0 Å². The number of phenolic OH excluding ortho intramolecular Hbond substituents is 1. The van der Waals surface area contributed by atoms with Crippen LogP contribution < -0.4 is 0 Å². The molecular formula is C16H15N3O5. The van der Waals surface area contributed by atoms with Gasteiger partial charge in [-0.15, -0.1) is 0 Å². The van der Waals surface area contributed by atoms with Crippen molar-refractivity contribution >= 4 is 22.5 Å². The van der Waals surface area contributed by atoms with Crippen molar-refractivity contribution in [1.29, 1.82) is 0 Å². The van der Waals surface area contributed by atoms with E-state index in [1.54, 1.807) is 11.0 Å². The van der Waals surface area contributed by atoms with Crippen molar-refractivity contribution in [2.75, 3.05) is 19.8 Å². The van der Waals surface area contributed by atoms with Gasteiger partial charge in [0.05, 0.1) is 24.2 Å². The Bertz CT molecular complexity index is 836. The number of phenols is 1. The zero-order valence-electron chi connectivity index (χ0n) is 12.7. The summed E-state index contributed by atoms with van der Waals surface area (Å²) in [4.78, 5) is 28.1. The third kappa shape index (κ3) is 2.56. The largest absolute Gasteiger partial charge is 0.501 e. The molecule has 1 fully saturated rings. The number of ether oxygens (including phenoxy) is 1. The highest BCUT2D eigenvalue weighted by Gasteiger charge is 2.29. The number of hydrogen-bond donors (Lipinski definition) is 1. The number of hydrogen-bond acceptors (Lipinski definition) is 6. The van der Waals surface area contributed by atoms with Crippen molar-refractivity contribution in [3.05, 3.63) is 52.7 Å². The summed E-state index contributed by atoms with van der Waals surface area (Å²) in [6.07, 6.45) is 2.69. The van der Waals surface area contributed by atoms with Crippen molar-refractivity contribution < 1.29 is 19.6 Å². The van der Waals surface area contributed by atoms with E-state index in [0.29, 0.717) is 24.1 Å². The molecule has 1 aliphatic heterocycles. The standard InChI is InChI=1S/C16H15N3O5/c1-2-14(20)18-7-8-24-9-13(18)10-5-6-17-15-11(10)3-4-12(16(15)21)19(22)23/h2-6,13,21H,1,7-9H2. The number of pyridine rings is 1. The lowest BCUT2D eigenvalue weighted by atomic mass is 9.99. The number of aromatic hydroxyl groups is 1. The van der Waals surface area contributed by atoms with E-state index in [0.717, 1.165) is 0 Å². The Balaban J connectivity index is 2.15. The molecule has 1 N–H and O–H groups in total. The van der Waals surface area contributed by atoms with E-state index >= 15 is 0 Å². The van der Waals surface area contributed by atoms with Crippen LogP contribution in [0.3, 0.4) is 0 Å². The summed E-state index contributed by atoms with van der Waals surface area (Å²) < 4.78 is 5.48. The van der Waals surface area contributed by atoms with Crippen LogP contribution in [0.5, 0.6) is 5.75 Å². The average molecular weight is 329 g/mol. The van der Waals surface area contributed by atoms with Gasteiger partial charge < -0.3 is 14.7 Å². The van der Waals surface area contributed by atoms with Gasteiger partial charge in [-0.05, 0) is 23.8 Å². The second kappa shape index (κ2) is 6.25. The van der Waals surface area contributed by atoms with Crippen molar-refractivity contribution in [3.63, 3.8) is 0 Å². The Hall–Kier alpha value is -3.00. The van der Waals surface area contributed by atoms with E-state index in [9.17, 15) is 20.0 Å². The molecule has 1 atom stereocenters.